The van der Waals surface area contributed by atoms with Crippen LogP contribution in [0.4, 0.5) is 4.39 Å². The summed E-state index contributed by atoms with van der Waals surface area (Å²) in [6.45, 7) is 5.28. The van der Waals surface area contributed by atoms with Gasteiger partial charge >= 0.3 is 0 Å². The summed E-state index contributed by atoms with van der Waals surface area (Å²) in [5.41, 5.74) is -0.802. The second-order valence-electron chi connectivity index (χ2n) is 4.05. The highest BCUT2D eigenvalue weighted by Crippen LogP contribution is 2.36. The molecular formula is C11H13Cl2FO. The fourth-order valence-electron chi connectivity index (χ4n) is 1.22. The molecule has 0 fully saturated rings. The lowest BCUT2D eigenvalue weighted by atomic mass is 9.85. The molecular weight excluding hydrogens is 238 g/mol. The minimum atomic E-state index is -1.16. The first-order valence-electron chi connectivity index (χ1n) is 4.64. The zero-order valence-electron chi connectivity index (χ0n) is 8.81. The van der Waals surface area contributed by atoms with Crippen LogP contribution < -0.4 is 0 Å². The van der Waals surface area contributed by atoms with Crippen LogP contribution >= 0.6 is 23.2 Å². The number of rotatable bonds is 2. The highest BCUT2D eigenvalue weighted by Gasteiger charge is 2.30. The van der Waals surface area contributed by atoms with Gasteiger partial charge in [0, 0.05) is 10.6 Å². The summed E-state index contributed by atoms with van der Waals surface area (Å²) in [6.07, 6.45) is 0. The molecule has 1 unspecified atom stereocenters. The number of halogens is 3. The molecule has 0 spiro atoms. The molecule has 4 heteroatoms. The van der Waals surface area contributed by atoms with Crippen molar-refractivity contribution in [2.24, 2.45) is 5.92 Å². The van der Waals surface area contributed by atoms with Gasteiger partial charge in [-0.2, -0.15) is 0 Å². The van der Waals surface area contributed by atoms with Gasteiger partial charge in [0.05, 0.1) is 10.6 Å². The van der Waals surface area contributed by atoms with Gasteiger partial charge in [-0.1, -0.05) is 37.0 Å². The maximum Gasteiger partial charge on any atom is 0.142 e. The highest BCUT2D eigenvalue weighted by molar-refractivity contribution is 6.35. The maximum atomic E-state index is 13.3. The predicted octanol–water partition coefficient (Wildman–Crippen LogP) is 4.00. The molecule has 0 saturated heterocycles. The molecule has 0 aliphatic heterocycles. The quantitative estimate of drug-likeness (QED) is 0.788. The van der Waals surface area contributed by atoms with Crippen molar-refractivity contribution in [3.05, 3.63) is 33.6 Å². The lowest BCUT2D eigenvalue weighted by molar-refractivity contribution is 0.00889. The van der Waals surface area contributed by atoms with Gasteiger partial charge in [-0.3, -0.25) is 0 Å². The summed E-state index contributed by atoms with van der Waals surface area (Å²) < 4.78 is 13.3. The molecule has 0 amide bonds. The summed E-state index contributed by atoms with van der Waals surface area (Å²) >= 11 is 11.5. The Bertz CT molecular complexity index is 375. The topological polar surface area (TPSA) is 20.2 Å². The standard InChI is InChI=1S/C11H13Cl2FO/c1-6(2)11(3,15)7-4-10(14)9(13)5-8(7)12/h4-6,15H,1-3H3. The van der Waals surface area contributed by atoms with Gasteiger partial charge in [-0.15, -0.1) is 0 Å². The molecule has 1 N–H and O–H groups in total. The third-order valence-corrected chi connectivity index (χ3v) is 3.28. The van der Waals surface area contributed by atoms with Crippen LogP contribution in [-0.4, -0.2) is 5.11 Å². The van der Waals surface area contributed by atoms with Crippen LogP contribution in [0.2, 0.25) is 10.0 Å². The van der Waals surface area contributed by atoms with E-state index in [1.54, 1.807) is 6.92 Å². The van der Waals surface area contributed by atoms with Crippen molar-refractivity contribution in [2.75, 3.05) is 0 Å². The van der Waals surface area contributed by atoms with E-state index in [2.05, 4.69) is 0 Å². The molecule has 15 heavy (non-hydrogen) atoms. The number of hydrogen-bond acceptors (Lipinski definition) is 1. The van der Waals surface area contributed by atoms with Gasteiger partial charge in [-0.05, 0) is 25.0 Å². The van der Waals surface area contributed by atoms with Gasteiger partial charge < -0.3 is 5.11 Å². The van der Waals surface area contributed by atoms with E-state index in [4.69, 9.17) is 23.2 Å². The summed E-state index contributed by atoms with van der Waals surface area (Å²) in [5, 5.41) is 10.4. The minimum absolute atomic E-state index is 0.0386. The van der Waals surface area contributed by atoms with Crippen LogP contribution in [0.3, 0.4) is 0 Å². The average Bonchev–Trinajstić information content (AvgIpc) is 2.10. The van der Waals surface area contributed by atoms with Crippen molar-refractivity contribution in [2.45, 2.75) is 26.4 Å². The molecule has 1 atom stereocenters. The molecule has 84 valence electrons. The van der Waals surface area contributed by atoms with E-state index in [-0.39, 0.29) is 16.0 Å². The molecule has 1 rings (SSSR count). The molecule has 0 aliphatic rings. The van der Waals surface area contributed by atoms with Crippen molar-refractivity contribution >= 4 is 23.2 Å². The van der Waals surface area contributed by atoms with Crippen molar-refractivity contribution in [1.29, 1.82) is 0 Å². The largest absolute Gasteiger partial charge is 0.385 e. The van der Waals surface area contributed by atoms with Gasteiger partial charge in [-0.25, -0.2) is 4.39 Å². The van der Waals surface area contributed by atoms with E-state index in [0.29, 0.717) is 5.56 Å². The van der Waals surface area contributed by atoms with Crippen molar-refractivity contribution in [3.63, 3.8) is 0 Å². The Morgan fingerprint density at radius 2 is 1.80 bits per heavy atom. The van der Waals surface area contributed by atoms with Gasteiger partial charge in [0.2, 0.25) is 0 Å². The minimum Gasteiger partial charge on any atom is -0.385 e. The molecule has 0 bridgehead atoms. The van der Waals surface area contributed by atoms with E-state index >= 15 is 0 Å². The normalized spacial score (nSPS) is 15.5. The van der Waals surface area contributed by atoms with Crippen LogP contribution in [0.25, 0.3) is 0 Å². The van der Waals surface area contributed by atoms with Crippen LogP contribution in [0.15, 0.2) is 12.1 Å². The van der Waals surface area contributed by atoms with E-state index in [9.17, 15) is 9.50 Å². The zero-order valence-corrected chi connectivity index (χ0v) is 10.3. The molecule has 0 aromatic heterocycles. The Labute approximate surface area is 98.8 Å². The van der Waals surface area contributed by atoms with E-state index < -0.39 is 11.4 Å². The van der Waals surface area contributed by atoms with Crippen molar-refractivity contribution < 1.29 is 9.50 Å². The monoisotopic (exact) mass is 250 g/mol. The second-order valence-corrected chi connectivity index (χ2v) is 4.86. The molecule has 0 aliphatic carbocycles. The summed E-state index contributed by atoms with van der Waals surface area (Å²) in [5.74, 6) is -0.646. The number of benzene rings is 1. The summed E-state index contributed by atoms with van der Waals surface area (Å²) in [7, 11) is 0. The fourth-order valence-corrected chi connectivity index (χ4v) is 1.80. The van der Waals surface area contributed by atoms with Crippen LogP contribution in [0, 0.1) is 11.7 Å². The van der Waals surface area contributed by atoms with Gasteiger partial charge in [0.1, 0.15) is 5.82 Å². The molecule has 0 saturated carbocycles. The lowest BCUT2D eigenvalue weighted by Crippen LogP contribution is -2.28. The summed E-state index contributed by atoms with van der Waals surface area (Å²) in [4.78, 5) is 0. The Hall–Kier alpha value is -0.310. The highest BCUT2D eigenvalue weighted by atomic mass is 35.5. The SMILES string of the molecule is CC(C)C(C)(O)c1cc(F)c(Cl)cc1Cl. The van der Waals surface area contributed by atoms with Crippen LogP contribution in [0.5, 0.6) is 0 Å². The van der Waals surface area contributed by atoms with E-state index in [1.807, 2.05) is 13.8 Å². The van der Waals surface area contributed by atoms with Crippen molar-refractivity contribution in [1.82, 2.24) is 0 Å². The average molecular weight is 251 g/mol. The fraction of sp³-hybridized carbons (Fsp3) is 0.455. The Balaban J connectivity index is 3.32. The third kappa shape index (κ3) is 2.44. The number of aliphatic hydroxyl groups is 1. The molecule has 1 aromatic rings. The first-order valence-corrected chi connectivity index (χ1v) is 5.39. The smallest absolute Gasteiger partial charge is 0.142 e. The number of hydrogen-bond donors (Lipinski definition) is 1. The van der Waals surface area contributed by atoms with E-state index in [0.717, 1.165) is 0 Å². The second kappa shape index (κ2) is 4.28. The molecule has 1 nitrogen and oxygen atoms in total. The first kappa shape index (κ1) is 12.8. The lowest BCUT2D eigenvalue weighted by Gasteiger charge is -2.29. The third-order valence-electron chi connectivity index (χ3n) is 2.68. The van der Waals surface area contributed by atoms with Crippen LogP contribution in [-0.2, 0) is 5.60 Å². The van der Waals surface area contributed by atoms with E-state index in [1.165, 1.54) is 12.1 Å². The Kier molecular flexibility index (Phi) is 3.64. The molecule has 0 radical (unpaired) electrons. The Morgan fingerprint density at radius 3 is 2.27 bits per heavy atom. The zero-order chi connectivity index (χ0) is 11.8. The van der Waals surface area contributed by atoms with Gasteiger partial charge in [0.15, 0.2) is 0 Å². The van der Waals surface area contributed by atoms with Gasteiger partial charge in [0.25, 0.3) is 0 Å². The molecule has 0 heterocycles. The first-order chi connectivity index (χ1) is 6.76. The maximum absolute atomic E-state index is 13.3. The Morgan fingerprint density at radius 1 is 1.27 bits per heavy atom. The van der Waals surface area contributed by atoms with Crippen LogP contribution in [0.1, 0.15) is 26.3 Å². The predicted molar refractivity (Wildman–Crippen MR) is 60.8 cm³/mol. The van der Waals surface area contributed by atoms with Crippen molar-refractivity contribution in [3.8, 4) is 0 Å². The molecule has 1 aromatic carbocycles. The summed E-state index contributed by atoms with van der Waals surface area (Å²) in [6, 6.07) is 2.50.